The molecule has 0 aliphatic carbocycles. The van der Waals surface area contributed by atoms with Crippen LogP contribution >= 0.6 is 0 Å². The molecule has 2 aromatic carbocycles. The maximum absolute atomic E-state index is 13.0. The predicted molar refractivity (Wildman–Crippen MR) is 128 cm³/mol. The van der Waals surface area contributed by atoms with E-state index < -0.39 is 6.03 Å². The van der Waals surface area contributed by atoms with Gasteiger partial charge in [-0.05, 0) is 44.8 Å². The number of hydrogen-bond donors (Lipinski definition) is 3. The van der Waals surface area contributed by atoms with Crippen molar-refractivity contribution < 1.29 is 14.3 Å². The minimum absolute atomic E-state index is 0.182. The lowest BCUT2D eigenvalue weighted by atomic mass is 10.1. The monoisotopic (exact) mass is 448 g/mol. The second-order valence-electron chi connectivity index (χ2n) is 7.74. The van der Waals surface area contributed by atoms with E-state index in [1.807, 2.05) is 56.3 Å². The fourth-order valence-electron chi connectivity index (χ4n) is 3.19. The van der Waals surface area contributed by atoms with Crippen LogP contribution in [0, 0.1) is 6.92 Å². The Bertz CT molecular complexity index is 1090. The molecule has 3 aromatic rings. The highest BCUT2D eigenvalue weighted by atomic mass is 16.5. The van der Waals surface area contributed by atoms with Crippen molar-refractivity contribution >= 4 is 23.4 Å². The first kappa shape index (κ1) is 23.7. The molecule has 3 amide bonds. The van der Waals surface area contributed by atoms with Gasteiger partial charge in [-0.1, -0.05) is 30.3 Å². The Balaban J connectivity index is 1.71. The number of methoxy groups -OCH3 is 1. The van der Waals surface area contributed by atoms with E-state index in [1.54, 1.807) is 24.4 Å². The third-order valence-electron chi connectivity index (χ3n) is 4.79. The van der Waals surface area contributed by atoms with Crippen molar-refractivity contribution in [1.82, 2.24) is 20.2 Å². The van der Waals surface area contributed by atoms with Gasteiger partial charge in [-0.2, -0.15) is 0 Å². The normalized spacial score (nSPS) is 11.5. The molecular formula is C24H28N6O3. The van der Waals surface area contributed by atoms with Crippen molar-refractivity contribution in [2.24, 2.45) is 0 Å². The predicted octanol–water partition coefficient (Wildman–Crippen LogP) is 3.47. The topological polar surface area (TPSA) is 108 Å². The highest BCUT2D eigenvalue weighted by molar-refractivity contribution is 6.01. The number of urea groups is 1. The molecule has 1 heterocycles. The van der Waals surface area contributed by atoms with Crippen LogP contribution in [0.25, 0.3) is 0 Å². The van der Waals surface area contributed by atoms with Crippen LogP contribution in [0.5, 0.6) is 5.75 Å². The number of nitrogens with zero attached hydrogens (tertiary/aromatic N) is 3. The van der Waals surface area contributed by atoms with Gasteiger partial charge in [-0.25, -0.2) is 9.78 Å². The summed E-state index contributed by atoms with van der Waals surface area (Å²) in [6.07, 6.45) is 3.03. The average Bonchev–Trinajstić information content (AvgIpc) is 2.80. The first-order valence-corrected chi connectivity index (χ1v) is 10.4. The maximum Gasteiger partial charge on any atom is 0.324 e. The summed E-state index contributed by atoms with van der Waals surface area (Å²) in [4.78, 5) is 35.5. The summed E-state index contributed by atoms with van der Waals surface area (Å²) >= 11 is 0. The van der Waals surface area contributed by atoms with Crippen LogP contribution in [0.3, 0.4) is 0 Å². The first-order chi connectivity index (χ1) is 15.9. The zero-order valence-corrected chi connectivity index (χ0v) is 19.1. The van der Waals surface area contributed by atoms with Crippen molar-refractivity contribution in [3.8, 4) is 5.75 Å². The molecule has 1 aromatic heterocycles. The quantitative estimate of drug-likeness (QED) is 0.487. The minimum atomic E-state index is -0.501. The van der Waals surface area contributed by atoms with Crippen LogP contribution in [-0.4, -0.2) is 54.6 Å². The molecule has 0 aliphatic rings. The molecule has 3 rings (SSSR count). The number of aromatic nitrogens is 2. The molecule has 172 valence electrons. The lowest BCUT2D eigenvalue weighted by molar-refractivity contribution is 0.0929. The molecule has 33 heavy (non-hydrogen) atoms. The fraction of sp³-hybridized carbons (Fsp3) is 0.250. The lowest BCUT2D eigenvalue weighted by Crippen LogP contribution is -2.35. The lowest BCUT2D eigenvalue weighted by Gasteiger charge is -2.23. The number of amides is 3. The van der Waals surface area contributed by atoms with Crippen molar-refractivity contribution in [1.29, 1.82) is 0 Å². The summed E-state index contributed by atoms with van der Waals surface area (Å²) in [7, 11) is 5.39. The molecule has 0 bridgehead atoms. The molecule has 0 saturated heterocycles. The van der Waals surface area contributed by atoms with E-state index in [9.17, 15) is 9.59 Å². The Hall–Kier alpha value is -3.98. The van der Waals surface area contributed by atoms with Crippen LogP contribution < -0.4 is 20.7 Å². The van der Waals surface area contributed by atoms with Gasteiger partial charge >= 0.3 is 6.03 Å². The molecule has 3 N–H and O–H groups in total. The van der Waals surface area contributed by atoms with Crippen molar-refractivity contribution in [3.05, 3.63) is 77.7 Å². The molecule has 0 saturated carbocycles. The van der Waals surface area contributed by atoms with E-state index >= 15 is 0 Å². The Morgan fingerprint density at radius 2 is 1.79 bits per heavy atom. The standard InChI is InChI=1S/C24H28N6O3/c1-16-13-26-22(14-25-16)29-24(32)28-19-11-10-18(12-21(19)33-4)23(31)27-20(15-30(2)3)17-8-6-5-7-9-17/h5-14,20H,15H2,1-4H3,(H,27,31)(H2,26,28,29,32). The number of aryl methyl sites for hydroxylation is 1. The van der Waals surface area contributed by atoms with Gasteiger partial charge in [0.15, 0.2) is 5.82 Å². The van der Waals surface area contributed by atoms with Gasteiger partial charge in [0.25, 0.3) is 5.91 Å². The van der Waals surface area contributed by atoms with E-state index in [4.69, 9.17) is 4.74 Å². The number of anilines is 2. The third kappa shape index (κ3) is 6.75. The zero-order valence-electron chi connectivity index (χ0n) is 19.1. The van der Waals surface area contributed by atoms with E-state index in [1.165, 1.54) is 13.3 Å². The smallest absolute Gasteiger partial charge is 0.324 e. The van der Waals surface area contributed by atoms with Gasteiger partial charge in [-0.3, -0.25) is 15.1 Å². The summed E-state index contributed by atoms with van der Waals surface area (Å²) in [6.45, 7) is 2.45. The van der Waals surface area contributed by atoms with E-state index in [2.05, 4.69) is 25.9 Å². The van der Waals surface area contributed by atoms with Crippen molar-refractivity contribution in [2.45, 2.75) is 13.0 Å². The molecule has 1 atom stereocenters. The van der Waals surface area contributed by atoms with Crippen LogP contribution in [0.15, 0.2) is 60.9 Å². The fourth-order valence-corrected chi connectivity index (χ4v) is 3.19. The van der Waals surface area contributed by atoms with Gasteiger partial charge < -0.3 is 20.3 Å². The average molecular weight is 449 g/mol. The number of nitrogens with one attached hydrogen (secondary N) is 3. The molecule has 9 heteroatoms. The Labute approximate surface area is 193 Å². The van der Waals surface area contributed by atoms with Gasteiger partial charge in [0.2, 0.25) is 0 Å². The van der Waals surface area contributed by atoms with E-state index in [0.29, 0.717) is 29.4 Å². The number of benzene rings is 2. The van der Waals surface area contributed by atoms with E-state index in [0.717, 1.165) is 11.3 Å². The SMILES string of the molecule is COc1cc(C(=O)NC(CN(C)C)c2ccccc2)ccc1NC(=O)Nc1cnc(C)cn1. The minimum Gasteiger partial charge on any atom is -0.495 e. The third-order valence-corrected chi connectivity index (χ3v) is 4.79. The van der Waals surface area contributed by atoms with Crippen molar-refractivity contribution in [3.63, 3.8) is 0 Å². The van der Waals surface area contributed by atoms with Crippen LogP contribution in [0.2, 0.25) is 0 Å². The number of hydrogen-bond acceptors (Lipinski definition) is 6. The molecule has 9 nitrogen and oxygen atoms in total. The highest BCUT2D eigenvalue weighted by Gasteiger charge is 2.18. The summed E-state index contributed by atoms with van der Waals surface area (Å²) in [5.74, 6) is 0.438. The van der Waals surface area contributed by atoms with Gasteiger partial charge in [0.05, 0.1) is 36.9 Å². The summed E-state index contributed by atoms with van der Waals surface area (Å²) in [5.41, 5.74) is 2.60. The summed E-state index contributed by atoms with van der Waals surface area (Å²) in [5, 5.41) is 8.39. The van der Waals surface area contributed by atoms with E-state index in [-0.39, 0.29) is 11.9 Å². The largest absolute Gasteiger partial charge is 0.495 e. The summed E-state index contributed by atoms with van der Waals surface area (Å²) < 4.78 is 5.40. The number of rotatable bonds is 8. The molecule has 0 spiro atoms. The number of carbonyl (C=O) groups is 2. The second-order valence-corrected chi connectivity index (χ2v) is 7.74. The molecule has 0 aliphatic heterocycles. The molecule has 1 unspecified atom stereocenters. The molecule has 0 radical (unpaired) electrons. The highest BCUT2D eigenvalue weighted by Crippen LogP contribution is 2.26. The number of ether oxygens (including phenoxy) is 1. The van der Waals surface area contributed by atoms with Crippen LogP contribution in [-0.2, 0) is 0 Å². The van der Waals surface area contributed by atoms with Crippen molar-refractivity contribution in [2.75, 3.05) is 38.4 Å². The van der Waals surface area contributed by atoms with Gasteiger partial charge in [-0.15, -0.1) is 0 Å². The van der Waals surface area contributed by atoms with Crippen LogP contribution in [0.4, 0.5) is 16.3 Å². The van der Waals surface area contributed by atoms with Gasteiger partial charge in [0.1, 0.15) is 5.75 Å². The first-order valence-electron chi connectivity index (χ1n) is 10.4. The Morgan fingerprint density at radius 3 is 2.42 bits per heavy atom. The Kier molecular flexibility index (Phi) is 7.93. The number of likely N-dealkylation sites (N-methyl/N-ethyl adjacent to an activating group) is 1. The van der Waals surface area contributed by atoms with Gasteiger partial charge in [0, 0.05) is 12.1 Å². The second kappa shape index (κ2) is 11.1. The van der Waals surface area contributed by atoms with Crippen LogP contribution in [0.1, 0.15) is 27.7 Å². The Morgan fingerprint density at radius 1 is 1.03 bits per heavy atom. The number of carbonyl (C=O) groups excluding carboxylic acids is 2. The maximum atomic E-state index is 13.0. The molecular weight excluding hydrogens is 420 g/mol. The molecule has 0 fully saturated rings. The summed E-state index contributed by atoms with van der Waals surface area (Å²) in [6, 6.07) is 14.0. The zero-order chi connectivity index (χ0) is 23.8.